The van der Waals surface area contributed by atoms with Crippen LogP contribution in [0, 0.1) is 26.7 Å². The number of benzene rings is 1. The van der Waals surface area contributed by atoms with Gasteiger partial charge < -0.3 is 13.7 Å². The third-order valence-electron chi connectivity index (χ3n) is 7.01. The number of methoxy groups -OCH3 is 1. The third-order valence-corrected chi connectivity index (χ3v) is 7.01. The number of piperidine rings is 1. The molecule has 0 aliphatic carbocycles. The van der Waals surface area contributed by atoms with Gasteiger partial charge in [0.05, 0.1) is 12.8 Å². The molecule has 1 aromatic carbocycles. The lowest BCUT2D eigenvalue weighted by molar-refractivity contribution is 0.113. The molecule has 1 saturated heterocycles. The number of fused-ring (bicyclic) bond motifs is 4. The maximum Gasteiger partial charge on any atom is 0.250 e. The van der Waals surface area contributed by atoms with Crippen LogP contribution in [-0.4, -0.2) is 34.7 Å². The highest BCUT2D eigenvalue weighted by Crippen LogP contribution is 2.36. The molecule has 0 spiro atoms. The van der Waals surface area contributed by atoms with Crippen molar-refractivity contribution in [3.63, 3.8) is 0 Å². The zero-order valence-electron chi connectivity index (χ0n) is 18.6. The van der Waals surface area contributed by atoms with Crippen LogP contribution in [0.4, 0.5) is 0 Å². The van der Waals surface area contributed by atoms with Crippen molar-refractivity contribution in [1.29, 1.82) is 0 Å². The molecule has 5 rings (SSSR count). The first-order valence-corrected chi connectivity index (χ1v) is 11.0. The number of aromatic nitrogens is 2. The maximum atomic E-state index is 12.3. The third kappa shape index (κ3) is 3.49. The normalized spacial score (nSPS) is 20.5. The molecule has 2 aromatic heterocycles. The van der Waals surface area contributed by atoms with Crippen molar-refractivity contribution in [2.45, 2.75) is 46.2 Å². The average Bonchev–Trinajstić information content (AvgIpc) is 3.10. The van der Waals surface area contributed by atoms with E-state index in [4.69, 9.17) is 14.1 Å². The van der Waals surface area contributed by atoms with Crippen LogP contribution in [0.15, 0.2) is 39.5 Å². The van der Waals surface area contributed by atoms with Gasteiger partial charge in [-0.3, -0.25) is 9.69 Å². The SMILES string of the molecule is COc1ccc(-c2nc(CN3CC4CC(C3)c3cccc(=O)n3C4)c(C)o2)c(C)c1C. The molecular weight excluding hydrogens is 390 g/mol. The molecule has 2 aliphatic rings. The summed E-state index contributed by atoms with van der Waals surface area (Å²) in [6, 6.07) is 9.67. The summed E-state index contributed by atoms with van der Waals surface area (Å²) in [6.07, 6.45) is 1.16. The molecule has 162 valence electrons. The Kier molecular flexibility index (Phi) is 4.97. The zero-order chi connectivity index (χ0) is 21.7. The van der Waals surface area contributed by atoms with Crippen LogP contribution in [-0.2, 0) is 13.1 Å². The molecule has 2 aliphatic heterocycles. The van der Waals surface area contributed by atoms with Crippen LogP contribution in [0.2, 0.25) is 0 Å². The first-order chi connectivity index (χ1) is 14.9. The molecule has 1 fully saturated rings. The summed E-state index contributed by atoms with van der Waals surface area (Å²) >= 11 is 0. The highest BCUT2D eigenvalue weighted by Gasteiger charge is 2.35. The van der Waals surface area contributed by atoms with Crippen LogP contribution in [0.5, 0.6) is 5.75 Å². The number of aryl methyl sites for hydroxylation is 1. The lowest BCUT2D eigenvalue weighted by atomic mass is 9.83. The summed E-state index contributed by atoms with van der Waals surface area (Å²) < 4.78 is 13.5. The average molecular weight is 420 g/mol. The van der Waals surface area contributed by atoms with Crippen molar-refractivity contribution in [2.24, 2.45) is 5.92 Å². The number of nitrogens with zero attached hydrogens (tertiary/aromatic N) is 3. The van der Waals surface area contributed by atoms with Gasteiger partial charge in [-0.15, -0.1) is 0 Å². The smallest absolute Gasteiger partial charge is 0.250 e. The fraction of sp³-hybridized carbons (Fsp3) is 0.440. The molecule has 0 radical (unpaired) electrons. The molecule has 0 saturated carbocycles. The highest BCUT2D eigenvalue weighted by atomic mass is 16.5. The second kappa shape index (κ2) is 7.68. The number of likely N-dealkylation sites (tertiary alicyclic amines) is 1. The monoisotopic (exact) mass is 419 g/mol. The number of ether oxygens (including phenoxy) is 1. The summed E-state index contributed by atoms with van der Waals surface area (Å²) in [4.78, 5) is 19.6. The van der Waals surface area contributed by atoms with Gasteiger partial charge in [0.2, 0.25) is 5.89 Å². The molecule has 2 bridgehead atoms. The minimum absolute atomic E-state index is 0.128. The largest absolute Gasteiger partial charge is 0.496 e. The molecule has 2 atom stereocenters. The lowest BCUT2D eigenvalue weighted by Crippen LogP contribution is -2.46. The summed E-state index contributed by atoms with van der Waals surface area (Å²) in [6.45, 7) is 9.66. The lowest BCUT2D eigenvalue weighted by Gasteiger charge is -2.42. The van der Waals surface area contributed by atoms with Gasteiger partial charge in [0.1, 0.15) is 11.5 Å². The van der Waals surface area contributed by atoms with Gasteiger partial charge >= 0.3 is 0 Å². The van der Waals surface area contributed by atoms with E-state index in [1.54, 1.807) is 13.2 Å². The molecule has 2 unspecified atom stereocenters. The molecule has 6 heteroatoms. The van der Waals surface area contributed by atoms with E-state index in [1.165, 1.54) is 5.69 Å². The predicted octanol–water partition coefficient (Wildman–Crippen LogP) is 4.06. The number of hydrogen-bond donors (Lipinski definition) is 0. The topological polar surface area (TPSA) is 60.5 Å². The summed E-state index contributed by atoms with van der Waals surface area (Å²) in [7, 11) is 1.69. The number of hydrogen-bond acceptors (Lipinski definition) is 5. The second-order valence-electron chi connectivity index (χ2n) is 8.98. The van der Waals surface area contributed by atoms with Gasteiger partial charge in [-0.1, -0.05) is 6.07 Å². The van der Waals surface area contributed by atoms with E-state index < -0.39 is 0 Å². The van der Waals surface area contributed by atoms with E-state index in [0.717, 1.165) is 66.5 Å². The van der Waals surface area contributed by atoms with Crippen molar-refractivity contribution in [1.82, 2.24) is 14.5 Å². The van der Waals surface area contributed by atoms with E-state index >= 15 is 0 Å². The fourth-order valence-corrected chi connectivity index (χ4v) is 5.28. The van der Waals surface area contributed by atoms with E-state index in [1.807, 2.05) is 29.7 Å². The van der Waals surface area contributed by atoms with Crippen molar-refractivity contribution >= 4 is 0 Å². The number of oxazole rings is 1. The van der Waals surface area contributed by atoms with Crippen molar-refractivity contribution in [3.05, 3.63) is 69.0 Å². The van der Waals surface area contributed by atoms with Crippen LogP contribution in [0.1, 0.15) is 40.6 Å². The van der Waals surface area contributed by atoms with Gasteiger partial charge in [-0.05, 0) is 62.4 Å². The Morgan fingerprint density at radius 3 is 2.74 bits per heavy atom. The zero-order valence-corrected chi connectivity index (χ0v) is 18.6. The Labute approximate surface area is 182 Å². The Bertz CT molecular complexity index is 1190. The molecule has 3 aromatic rings. The van der Waals surface area contributed by atoms with Crippen LogP contribution in [0.3, 0.4) is 0 Å². The van der Waals surface area contributed by atoms with Gasteiger partial charge in [0.25, 0.3) is 5.56 Å². The van der Waals surface area contributed by atoms with Gasteiger partial charge in [-0.25, -0.2) is 4.98 Å². The van der Waals surface area contributed by atoms with Crippen LogP contribution >= 0.6 is 0 Å². The van der Waals surface area contributed by atoms with Crippen molar-refractivity contribution in [3.8, 4) is 17.2 Å². The van der Waals surface area contributed by atoms with Crippen molar-refractivity contribution < 1.29 is 9.15 Å². The van der Waals surface area contributed by atoms with E-state index in [-0.39, 0.29) is 5.56 Å². The van der Waals surface area contributed by atoms with E-state index in [2.05, 4.69) is 24.8 Å². The Morgan fingerprint density at radius 1 is 1.10 bits per heavy atom. The first-order valence-electron chi connectivity index (χ1n) is 11.0. The van der Waals surface area contributed by atoms with Gasteiger partial charge in [0, 0.05) is 49.4 Å². The first kappa shape index (κ1) is 20.1. The second-order valence-corrected chi connectivity index (χ2v) is 8.98. The predicted molar refractivity (Wildman–Crippen MR) is 120 cm³/mol. The molecule has 4 heterocycles. The van der Waals surface area contributed by atoms with Crippen LogP contribution in [0.25, 0.3) is 11.5 Å². The molecular formula is C25H29N3O3. The van der Waals surface area contributed by atoms with Gasteiger partial charge in [0.15, 0.2) is 0 Å². The quantitative estimate of drug-likeness (QED) is 0.638. The number of pyridine rings is 1. The molecule has 31 heavy (non-hydrogen) atoms. The molecule has 0 N–H and O–H groups in total. The minimum Gasteiger partial charge on any atom is -0.496 e. The fourth-order valence-electron chi connectivity index (χ4n) is 5.28. The highest BCUT2D eigenvalue weighted by molar-refractivity contribution is 5.63. The summed E-state index contributed by atoms with van der Waals surface area (Å²) in [5.74, 6) is 3.33. The summed E-state index contributed by atoms with van der Waals surface area (Å²) in [5, 5.41) is 0. The Hall–Kier alpha value is -2.86. The Balaban J connectivity index is 1.38. The maximum absolute atomic E-state index is 12.3. The van der Waals surface area contributed by atoms with Crippen LogP contribution < -0.4 is 10.3 Å². The van der Waals surface area contributed by atoms with E-state index in [9.17, 15) is 4.79 Å². The minimum atomic E-state index is 0.128. The van der Waals surface area contributed by atoms with Gasteiger partial charge in [-0.2, -0.15) is 0 Å². The standard InChI is InChI=1S/C25H29N3O3/c1-15-16(2)23(30-4)9-8-20(15)25-26-21(17(3)31-25)14-27-11-18-10-19(13-27)22-6-5-7-24(29)28(22)12-18/h5-9,18-19H,10-14H2,1-4H3. The summed E-state index contributed by atoms with van der Waals surface area (Å²) in [5.41, 5.74) is 5.54. The molecule has 0 amide bonds. The van der Waals surface area contributed by atoms with Crippen molar-refractivity contribution in [2.75, 3.05) is 20.2 Å². The van der Waals surface area contributed by atoms with E-state index in [0.29, 0.717) is 17.7 Å². The number of rotatable bonds is 4. The Morgan fingerprint density at radius 2 is 1.94 bits per heavy atom. The molecule has 6 nitrogen and oxygen atoms in total.